The molecule has 0 radical (unpaired) electrons. The second-order valence-corrected chi connectivity index (χ2v) is 14.2. The first kappa shape index (κ1) is 31.4. The molecule has 50 heavy (non-hydrogen) atoms. The van der Waals surface area contributed by atoms with Crippen LogP contribution in [0.4, 0.5) is 23.0 Å². The van der Waals surface area contributed by atoms with Crippen molar-refractivity contribution in [3.63, 3.8) is 0 Å². The van der Waals surface area contributed by atoms with Crippen LogP contribution in [0.2, 0.25) is 0 Å². The molecule has 8 heterocycles. The minimum atomic E-state index is -1.34. The molecule has 1 amide bonds. The number of piperazine rings is 1. The highest BCUT2D eigenvalue weighted by Gasteiger charge is 2.45. The second-order valence-electron chi connectivity index (χ2n) is 14.2. The lowest BCUT2D eigenvalue weighted by atomic mass is 9.86. The quantitative estimate of drug-likeness (QED) is 0.301. The van der Waals surface area contributed by atoms with Crippen LogP contribution in [0.25, 0.3) is 11.1 Å². The minimum Gasteiger partial charge on any atom is -0.380 e. The van der Waals surface area contributed by atoms with Crippen molar-refractivity contribution in [1.82, 2.24) is 24.0 Å². The number of fused-ring (bicyclic) bond motifs is 3. The van der Waals surface area contributed by atoms with Gasteiger partial charge in [-0.1, -0.05) is 0 Å². The van der Waals surface area contributed by atoms with Gasteiger partial charge in [-0.15, -0.1) is 0 Å². The van der Waals surface area contributed by atoms with Gasteiger partial charge in [0, 0.05) is 75.5 Å². The van der Waals surface area contributed by atoms with Gasteiger partial charge in [0.15, 0.2) is 0 Å². The molecular formula is C37H42N8O5. The van der Waals surface area contributed by atoms with Crippen molar-refractivity contribution in [2.24, 2.45) is 7.05 Å². The number of amides is 1. The van der Waals surface area contributed by atoms with E-state index in [1.165, 1.54) is 15.8 Å². The largest absolute Gasteiger partial charge is 0.380 e. The molecule has 0 bridgehead atoms. The summed E-state index contributed by atoms with van der Waals surface area (Å²) >= 11 is 0. The van der Waals surface area contributed by atoms with Gasteiger partial charge in [-0.05, 0) is 67.1 Å². The number of hydrogen-bond acceptors (Lipinski definition) is 10. The van der Waals surface area contributed by atoms with Crippen molar-refractivity contribution in [3.05, 3.63) is 81.8 Å². The van der Waals surface area contributed by atoms with Gasteiger partial charge in [0.25, 0.3) is 11.5 Å². The number of carbonyl (C=O) groups excluding carboxylic acids is 1. The summed E-state index contributed by atoms with van der Waals surface area (Å²) in [5.74, 6) is 0.860. The van der Waals surface area contributed by atoms with Gasteiger partial charge in [0.05, 0.1) is 44.4 Å². The fourth-order valence-corrected chi connectivity index (χ4v) is 8.15. The summed E-state index contributed by atoms with van der Waals surface area (Å²) in [7, 11) is 1.70. The lowest BCUT2D eigenvalue weighted by molar-refractivity contribution is -0.184. The molecule has 5 aliphatic rings. The van der Waals surface area contributed by atoms with Crippen LogP contribution in [0.15, 0.2) is 53.7 Å². The Labute approximate surface area is 290 Å². The number of carbonyl (C=O) groups is 1. The zero-order valence-corrected chi connectivity index (χ0v) is 28.3. The van der Waals surface area contributed by atoms with Crippen molar-refractivity contribution >= 4 is 28.9 Å². The van der Waals surface area contributed by atoms with Gasteiger partial charge in [0.1, 0.15) is 28.6 Å². The number of aryl methyl sites for hydroxylation is 2. The molecular weight excluding hydrogens is 636 g/mol. The maximum absolute atomic E-state index is 14.1. The average Bonchev–Trinajstić information content (AvgIpc) is 3.49. The van der Waals surface area contributed by atoms with Crippen LogP contribution in [-0.4, -0.2) is 100 Å². The molecule has 4 aliphatic heterocycles. The molecule has 13 heteroatoms. The molecule has 3 saturated heterocycles. The fraction of sp³-hybridized carbons (Fsp3) is 0.459. The Morgan fingerprint density at radius 2 is 1.76 bits per heavy atom. The van der Waals surface area contributed by atoms with Gasteiger partial charge < -0.3 is 33.9 Å². The van der Waals surface area contributed by atoms with Crippen molar-refractivity contribution in [1.29, 1.82) is 0 Å². The number of aromatic nitrogens is 4. The molecule has 4 aromatic heterocycles. The molecule has 4 aromatic rings. The number of hydrogen-bond donors (Lipinski definition) is 2. The number of anilines is 4. The Balaban J connectivity index is 1.01. The number of nitrogens with one attached hydrogen (secondary N) is 1. The summed E-state index contributed by atoms with van der Waals surface area (Å²) in [6.45, 7) is 6.80. The SMILES string of the molecule is Cn1cc(-c2ccnc(N3CCn4c(cc5c4CCCC5)C3=O)c2C2(O)COC2)cc(Nc2ccc(N3CCN(C4COC4)CC3)cn2)c1=O. The molecule has 0 atom stereocenters. The van der Waals surface area contributed by atoms with Crippen LogP contribution in [-0.2, 0) is 41.5 Å². The molecule has 0 aromatic carbocycles. The monoisotopic (exact) mass is 678 g/mol. The highest BCUT2D eigenvalue weighted by molar-refractivity contribution is 6.06. The third kappa shape index (κ3) is 5.31. The third-order valence-electron chi connectivity index (χ3n) is 11.1. The Bertz CT molecular complexity index is 2010. The number of pyridine rings is 3. The van der Waals surface area contributed by atoms with Crippen LogP contribution < -0.4 is 20.7 Å². The molecule has 260 valence electrons. The van der Waals surface area contributed by atoms with E-state index < -0.39 is 5.60 Å². The molecule has 0 saturated carbocycles. The van der Waals surface area contributed by atoms with Crippen molar-refractivity contribution in [2.45, 2.75) is 43.9 Å². The van der Waals surface area contributed by atoms with E-state index in [0.717, 1.165) is 70.8 Å². The second kappa shape index (κ2) is 12.3. The maximum atomic E-state index is 14.1. The van der Waals surface area contributed by atoms with E-state index in [2.05, 4.69) is 24.7 Å². The predicted octanol–water partition coefficient (Wildman–Crippen LogP) is 2.67. The molecule has 0 unspecified atom stereocenters. The topological polar surface area (TPSA) is 130 Å². The van der Waals surface area contributed by atoms with Crippen molar-refractivity contribution in [2.75, 3.05) is 74.3 Å². The summed E-state index contributed by atoms with van der Waals surface area (Å²) in [5.41, 5.74) is 4.97. The third-order valence-corrected chi connectivity index (χ3v) is 11.1. The first-order valence-electron chi connectivity index (χ1n) is 17.7. The van der Waals surface area contributed by atoms with Gasteiger partial charge in [-0.3, -0.25) is 19.4 Å². The van der Waals surface area contributed by atoms with Crippen LogP contribution in [0.3, 0.4) is 0 Å². The minimum absolute atomic E-state index is 0.0859. The lowest BCUT2D eigenvalue weighted by Gasteiger charge is -2.43. The maximum Gasteiger partial charge on any atom is 0.276 e. The fourth-order valence-electron chi connectivity index (χ4n) is 8.15. The number of aliphatic hydroxyl groups is 1. The van der Waals surface area contributed by atoms with E-state index in [9.17, 15) is 14.7 Å². The molecule has 13 nitrogen and oxygen atoms in total. The highest BCUT2D eigenvalue weighted by Crippen LogP contribution is 2.43. The Hall–Kier alpha value is -4.56. The highest BCUT2D eigenvalue weighted by atomic mass is 16.5. The molecule has 9 rings (SSSR count). The summed E-state index contributed by atoms with van der Waals surface area (Å²) in [6, 6.07) is 10.1. The van der Waals surface area contributed by atoms with Crippen molar-refractivity contribution in [3.8, 4) is 11.1 Å². The molecule has 3 fully saturated rings. The van der Waals surface area contributed by atoms with Crippen LogP contribution in [0.5, 0.6) is 0 Å². The molecule has 0 spiro atoms. The zero-order chi connectivity index (χ0) is 34.0. The summed E-state index contributed by atoms with van der Waals surface area (Å²) < 4.78 is 14.6. The normalized spacial score (nSPS) is 20.6. The van der Waals surface area contributed by atoms with Gasteiger partial charge in [0.2, 0.25) is 0 Å². The zero-order valence-electron chi connectivity index (χ0n) is 28.3. The van der Waals surface area contributed by atoms with Crippen molar-refractivity contribution < 1.29 is 19.4 Å². The van der Waals surface area contributed by atoms with Crippen LogP contribution >= 0.6 is 0 Å². The predicted molar refractivity (Wildman–Crippen MR) is 188 cm³/mol. The number of nitrogens with zero attached hydrogens (tertiary/aromatic N) is 7. The Morgan fingerprint density at radius 1 is 0.940 bits per heavy atom. The lowest BCUT2D eigenvalue weighted by Crippen LogP contribution is -2.56. The first-order valence-corrected chi connectivity index (χ1v) is 17.7. The van der Waals surface area contributed by atoms with Gasteiger partial charge in [-0.2, -0.15) is 0 Å². The van der Waals surface area contributed by atoms with Crippen LogP contribution in [0, 0.1) is 0 Å². The Morgan fingerprint density at radius 3 is 2.48 bits per heavy atom. The number of rotatable bonds is 7. The number of ether oxygens (including phenoxy) is 2. The summed E-state index contributed by atoms with van der Waals surface area (Å²) in [5, 5.41) is 15.1. The van der Waals surface area contributed by atoms with Crippen LogP contribution in [0.1, 0.15) is 40.2 Å². The average molecular weight is 679 g/mol. The first-order chi connectivity index (χ1) is 24.4. The van der Waals surface area contributed by atoms with Gasteiger partial charge in [-0.25, -0.2) is 9.97 Å². The van der Waals surface area contributed by atoms with E-state index in [0.29, 0.717) is 58.8 Å². The van der Waals surface area contributed by atoms with E-state index >= 15 is 0 Å². The Kier molecular flexibility index (Phi) is 7.75. The van der Waals surface area contributed by atoms with Gasteiger partial charge >= 0.3 is 0 Å². The van der Waals surface area contributed by atoms with E-state index in [1.807, 2.05) is 30.5 Å². The molecule has 1 aliphatic carbocycles. The van der Waals surface area contributed by atoms with E-state index in [-0.39, 0.29) is 24.7 Å². The summed E-state index contributed by atoms with van der Waals surface area (Å²) in [6.07, 6.45) is 9.54. The van der Waals surface area contributed by atoms with E-state index in [1.54, 1.807) is 30.4 Å². The summed E-state index contributed by atoms with van der Waals surface area (Å²) in [4.78, 5) is 43.4. The standard InChI is InChI=1S/C37H42N8O5/c1-41-19-25(16-29(35(41)46)40-32-7-6-26(18-39-32)42-10-12-43(13-11-42)27-20-49-21-27)28-8-9-38-34(33(28)37(48)22-50-23-37)45-15-14-44-30-5-3-2-4-24(30)17-31(44)36(45)47/h6-9,16-19,27,48H,2-5,10-15,20-23H2,1H3,(H,39,40). The van der Waals surface area contributed by atoms with E-state index in [4.69, 9.17) is 14.5 Å². The molecule has 2 N–H and O–H groups in total. The smallest absolute Gasteiger partial charge is 0.276 e.